The summed E-state index contributed by atoms with van der Waals surface area (Å²) >= 11 is 3.39. The Kier molecular flexibility index (Phi) is 5.36. The second-order valence-corrected chi connectivity index (χ2v) is 5.82. The summed E-state index contributed by atoms with van der Waals surface area (Å²) in [6.45, 7) is 1.69. The molecule has 0 saturated carbocycles. The Bertz CT molecular complexity index is 767. The number of ether oxygens (including phenoxy) is 2. The van der Waals surface area contributed by atoms with Crippen LogP contribution in [-0.4, -0.2) is 25.7 Å². The highest BCUT2D eigenvalue weighted by atomic mass is 79.9. The number of hydrogen-bond donors (Lipinski definition) is 3. The van der Waals surface area contributed by atoms with Crippen LogP contribution in [0.4, 0.5) is 4.79 Å². The molecule has 4 N–H and O–H groups in total. The summed E-state index contributed by atoms with van der Waals surface area (Å²) in [6.07, 6.45) is 5.20. The summed E-state index contributed by atoms with van der Waals surface area (Å²) in [5.74, 6) is 2.58. The number of carbonyl (C=O) groups excluding carboxylic acids is 2. The number of primary amides is 1. The summed E-state index contributed by atoms with van der Waals surface area (Å²) in [7, 11) is 1.48. The van der Waals surface area contributed by atoms with Crippen LogP contribution in [0.1, 0.15) is 18.5 Å². The maximum Gasteiger partial charge on any atom is 0.319 e. The van der Waals surface area contributed by atoms with E-state index in [-0.39, 0.29) is 12.2 Å². The van der Waals surface area contributed by atoms with E-state index in [1.165, 1.54) is 7.11 Å². The fourth-order valence-corrected chi connectivity index (χ4v) is 3.01. The van der Waals surface area contributed by atoms with Crippen LogP contribution in [0, 0.1) is 12.3 Å². The number of urea groups is 1. The number of methoxy groups -OCH3 is 1. The molecule has 0 saturated heterocycles. The highest BCUT2D eigenvalue weighted by Gasteiger charge is 2.31. The number of carbonyl (C=O) groups is 2. The van der Waals surface area contributed by atoms with Crippen molar-refractivity contribution >= 4 is 27.9 Å². The van der Waals surface area contributed by atoms with Crippen molar-refractivity contribution in [1.29, 1.82) is 0 Å². The Morgan fingerprint density at radius 1 is 1.50 bits per heavy atom. The maximum atomic E-state index is 11.8. The van der Waals surface area contributed by atoms with Crippen LogP contribution in [0.15, 0.2) is 27.9 Å². The van der Waals surface area contributed by atoms with Gasteiger partial charge in [-0.2, -0.15) is 0 Å². The molecule has 7 nitrogen and oxygen atoms in total. The van der Waals surface area contributed by atoms with Gasteiger partial charge in [0.15, 0.2) is 11.5 Å². The maximum absolute atomic E-state index is 11.8. The Labute approximate surface area is 147 Å². The van der Waals surface area contributed by atoms with Crippen molar-refractivity contribution in [3.05, 3.63) is 33.4 Å². The van der Waals surface area contributed by atoms with Crippen LogP contribution < -0.4 is 25.8 Å². The molecule has 0 fully saturated rings. The zero-order valence-corrected chi connectivity index (χ0v) is 14.7. The normalized spacial score (nSPS) is 16.8. The quantitative estimate of drug-likeness (QED) is 0.660. The Balaban J connectivity index is 2.53. The lowest BCUT2D eigenvalue weighted by molar-refractivity contribution is -0.115. The number of halogens is 1. The van der Waals surface area contributed by atoms with Crippen LogP contribution in [-0.2, 0) is 4.79 Å². The number of terminal acetylenes is 1. The molecule has 1 aromatic rings. The number of nitrogens with one attached hydrogen (secondary N) is 2. The molecule has 0 bridgehead atoms. The SMILES string of the molecule is C#CCOc1c(Br)cc([C@@H]2NC(=O)NC(C)=C2C(N)=O)cc1OC. The predicted octanol–water partition coefficient (Wildman–Crippen LogP) is 1.58. The van der Waals surface area contributed by atoms with Crippen LogP contribution in [0.2, 0.25) is 0 Å². The number of allylic oxidation sites excluding steroid dienone is 1. The van der Waals surface area contributed by atoms with Crippen molar-refractivity contribution in [1.82, 2.24) is 10.6 Å². The van der Waals surface area contributed by atoms with Gasteiger partial charge in [0.25, 0.3) is 0 Å². The van der Waals surface area contributed by atoms with Crippen molar-refractivity contribution in [2.75, 3.05) is 13.7 Å². The first-order chi connectivity index (χ1) is 11.4. The molecular formula is C16H16BrN3O4. The summed E-state index contributed by atoms with van der Waals surface area (Å²) < 4.78 is 11.3. The lowest BCUT2D eigenvalue weighted by Crippen LogP contribution is -2.46. The van der Waals surface area contributed by atoms with Crippen molar-refractivity contribution in [3.8, 4) is 23.8 Å². The number of hydrogen-bond acceptors (Lipinski definition) is 4. The number of amides is 3. The molecule has 1 atom stereocenters. The van der Waals surface area contributed by atoms with Gasteiger partial charge in [-0.3, -0.25) is 4.79 Å². The van der Waals surface area contributed by atoms with Crippen LogP contribution in [0.25, 0.3) is 0 Å². The van der Waals surface area contributed by atoms with Gasteiger partial charge in [-0.15, -0.1) is 6.42 Å². The van der Waals surface area contributed by atoms with E-state index in [0.717, 1.165) is 0 Å². The minimum Gasteiger partial charge on any atom is -0.493 e. The van der Waals surface area contributed by atoms with E-state index >= 15 is 0 Å². The first-order valence-corrected chi connectivity index (χ1v) is 7.70. The molecule has 0 spiro atoms. The van der Waals surface area contributed by atoms with E-state index in [9.17, 15) is 9.59 Å². The molecular weight excluding hydrogens is 378 g/mol. The zero-order valence-electron chi connectivity index (χ0n) is 13.1. The monoisotopic (exact) mass is 393 g/mol. The van der Waals surface area contributed by atoms with Gasteiger partial charge in [0.05, 0.1) is 23.2 Å². The third-order valence-electron chi connectivity index (χ3n) is 3.42. The zero-order chi connectivity index (χ0) is 17.9. The lowest BCUT2D eigenvalue weighted by atomic mass is 9.95. The standard InChI is InChI=1S/C16H16BrN3O4/c1-4-5-24-14-10(17)6-9(7-11(14)23-3)13-12(15(18)21)8(2)19-16(22)20-13/h1,6-7,13H,5H2,2-3H3,(H2,18,21)(H2,19,20,22)/t13-/m0/s1. The van der Waals surface area contributed by atoms with Gasteiger partial charge in [-0.05, 0) is 40.5 Å². The number of benzene rings is 1. The van der Waals surface area contributed by atoms with E-state index in [0.29, 0.717) is 27.2 Å². The van der Waals surface area contributed by atoms with Gasteiger partial charge in [0.2, 0.25) is 5.91 Å². The first kappa shape index (κ1) is 17.7. The summed E-state index contributed by atoms with van der Waals surface area (Å²) in [5.41, 5.74) is 6.73. The van der Waals surface area contributed by atoms with Gasteiger partial charge in [0, 0.05) is 5.70 Å². The van der Waals surface area contributed by atoms with Crippen molar-refractivity contribution in [2.24, 2.45) is 5.73 Å². The molecule has 1 aliphatic heterocycles. The second-order valence-electron chi connectivity index (χ2n) is 4.96. The van der Waals surface area contributed by atoms with Crippen LogP contribution >= 0.6 is 15.9 Å². The average Bonchev–Trinajstić information content (AvgIpc) is 2.51. The van der Waals surface area contributed by atoms with E-state index < -0.39 is 18.0 Å². The van der Waals surface area contributed by atoms with E-state index in [1.54, 1.807) is 19.1 Å². The average molecular weight is 394 g/mol. The van der Waals surface area contributed by atoms with Gasteiger partial charge in [-0.25, -0.2) is 4.79 Å². The topological polar surface area (TPSA) is 103 Å². The van der Waals surface area contributed by atoms with Crippen LogP contribution in [0.5, 0.6) is 11.5 Å². The largest absolute Gasteiger partial charge is 0.493 e. The van der Waals surface area contributed by atoms with E-state index in [1.807, 2.05) is 0 Å². The minimum atomic E-state index is -0.705. The molecule has 0 radical (unpaired) electrons. The molecule has 1 heterocycles. The fourth-order valence-electron chi connectivity index (χ4n) is 2.43. The highest BCUT2D eigenvalue weighted by molar-refractivity contribution is 9.10. The molecule has 24 heavy (non-hydrogen) atoms. The molecule has 3 amide bonds. The van der Waals surface area contributed by atoms with Crippen LogP contribution in [0.3, 0.4) is 0 Å². The van der Waals surface area contributed by atoms with Gasteiger partial charge in [-0.1, -0.05) is 5.92 Å². The molecule has 1 aromatic carbocycles. The second kappa shape index (κ2) is 7.27. The summed E-state index contributed by atoms with van der Waals surface area (Å²) in [4.78, 5) is 23.6. The van der Waals surface area contributed by atoms with Gasteiger partial charge < -0.3 is 25.8 Å². The van der Waals surface area contributed by atoms with Gasteiger partial charge >= 0.3 is 6.03 Å². The Hall–Kier alpha value is -2.66. The molecule has 1 aliphatic rings. The van der Waals surface area contributed by atoms with E-state index in [2.05, 4.69) is 32.5 Å². The van der Waals surface area contributed by atoms with Crippen molar-refractivity contribution < 1.29 is 19.1 Å². The summed E-state index contributed by atoms with van der Waals surface area (Å²) in [5, 5.41) is 5.21. The van der Waals surface area contributed by atoms with Crippen molar-refractivity contribution in [2.45, 2.75) is 13.0 Å². The first-order valence-electron chi connectivity index (χ1n) is 6.90. The molecule has 2 rings (SSSR count). The Morgan fingerprint density at radius 3 is 2.79 bits per heavy atom. The number of rotatable bonds is 5. The highest BCUT2D eigenvalue weighted by Crippen LogP contribution is 2.40. The van der Waals surface area contributed by atoms with Gasteiger partial charge in [0.1, 0.15) is 6.61 Å². The predicted molar refractivity (Wildman–Crippen MR) is 91.3 cm³/mol. The Morgan fingerprint density at radius 2 is 2.21 bits per heavy atom. The molecule has 126 valence electrons. The molecule has 8 heteroatoms. The minimum absolute atomic E-state index is 0.0734. The molecule has 0 aliphatic carbocycles. The van der Waals surface area contributed by atoms with Crippen molar-refractivity contribution in [3.63, 3.8) is 0 Å². The molecule has 0 unspecified atom stereocenters. The van der Waals surface area contributed by atoms with E-state index in [4.69, 9.17) is 21.6 Å². The third-order valence-corrected chi connectivity index (χ3v) is 4.01. The third kappa shape index (κ3) is 3.46. The summed E-state index contributed by atoms with van der Waals surface area (Å²) in [6, 6.07) is 2.23. The number of nitrogens with two attached hydrogens (primary N) is 1. The molecule has 0 aromatic heterocycles. The lowest BCUT2D eigenvalue weighted by Gasteiger charge is -2.28. The smallest absolute Gasteiger partial charge is 0.319 e. The fraction of sp³-hybridized carbons (Fsp3) is 0.250.